The maximum atomic E-state index is 15.1. The molecule has 12 nitrogen and oxygen atoms in total. The van der Waals surface area contributed by atoms with Crippen LogP contribution in [0.3, 0.4) is 0 Å². The topological polar surface area (TPSA) is 175 Å². The SMILES string of the molecule is CCC(=O)O[C@@H](C(=O)O[C@H]1C[C@@]2(O)C(C)C3[C@]4(C)CO[C@@H]4C[C@H](O)[C@@]3(C)C(=O)[C@H](OC(C)=O)C(=C1C)C2(C)C)[C@@H](NC(=O)c1ccccc1)c1ccccc1. The second kappa shape index (κ2) is 14.6. The van der Waals surface area contributed by atoms with Crippen LogP contribution in [0.15, 0.2) is 71.8 Å². The van der Waals surface area contributed by atoms with E-state index in [1.807, 2.05) is 13.8 Å². The van der Waals surface area contributed by atoms with Crippen molar-refractivity contribution >= 4 is 29.6 Å². The minimum Gasteiger partial charge on any atom is -0.455 e. The van der Waals surface area contributed by atoms with Crippen LogP contribution in [0.5, 0.6) is 0 Å². The highest BCUT2D eigenvalue weighted by molar-refractivity contribution is 5.96. The number of ether oxygens (including phenoxy) is 4. The van der Waals surface area contributed by atoms with Gasteiger partial charge in [0.05, 0.1) is 29.8 Å². The molecule has 6 rings (SSSR count). The third-order valence-corrected chi connectivity index (χ3v) is 13.4. The van der Waals surface area contributed by atoms with Crippen LogP contribution >= 0.6 is 0 Å². The number of carbonyl (C=O) groups is 5. The van der Waals surface area contributed by atoms with Crippen molar-refractivity contribution in [2.75, 3.05) is 6.61 Å². The molecule has 1 aliphatic heterocycles. The maximum absolute atomic E-state index is 15.1. The predicted octanol–water partition coefficient (Wildman–Crippen LogP) is 4.81. The number of hydrogen-bond acceptors (Lipinski definition) is 11. The highest BCUT2D eigenvalue weighted by Gasteiger charge is 2.73. The smallest absolute Gasteiger partial charge is 0.350 e. The van der Waals surface area contributed by atoms with Gasteiger partial charge in [-0.05, 0) is 54.5 Å². The van der Waals surface area contributed by atoms with Gasteiger partial charge >= 0.3 is 17.9 Å². The second-order valence-electron chi connectivity index (χ2n) is 16.7. The van der Waals surface area contributed by atoms with E-state index in [0.717, 1.165) is 0 Å². The molecule has 1 heterocycles. The maximum Gasteiger partial charge on any atom is 0.350 e. The van der Waals surface area contributed by atoms with Gasteiger partial charge in [-0.3, -0.25) is 19.2 Å². The largest absolute Gasteiger partial charge is 0.455 e. The highest BCUT2D eigenvalue weighted by Crippen LogP contribution is 2.67. The number of fused-ring (bicyclic) bond motifs is 5. The Morgan fingerprint density at radius 1 is 0.982 bits per heavy atom. The van der Waals surface area contributed by atoms with E-state index in [1.54, 1.807) is 95.3 Å². The van der Waals surface area contributed by atoms with E-state index < -0.39 is 93.7 Å². The van der Waals surface area contributed by atoms with Crippen molar-refractivity contribution in [3.8, 4) is 0 Å². The Hall–Kier alpha value is -4.39. The number of amides is 1. The molecule has 2 aromatic carbocycles. The third-order valence-electron chi connectivity index (χ3n) is 13.4. The molecular formula is C43H53NO11. The molecule has 11 atom stereocenters. The summed E-state index contributed by atoms with van der Waals surface area (Å²) in [7, 11) is 0. The average Bonchev–Trinajstić information content (AvgIpc) is 3.15. The number of Topliss-reactive ketones (excluding diaryl/α,β-unsaturated/α-hetero) is 1. The van der Waals surface area contributed by atoms with Gasteiger partial charge in [-0.15, -0.1) is 0 Å². The van der Waals surface area contributed by atoms with E-state index in [9.17, 15) is 29.4 Å². The van der Waals surface area contributed by atoms with E-state index >= 15 is 4.79 Å². The molecule has 55 heavy (non-hydrogen) atoms. The highest BCUT2D eigenvalue weighted by atomic mass is 16.6. The van der Waals surface area contributed by atoms with Crippen LogP contribution in [0.2, 0.25) is 0 Å². The number of nitrogens with one attached hydrogen (secondary N) is 1. The third kappa shape index (κ3) is 6.49. The summed E-state index contributed by atoms with van der Waals surface area (Å²) in [5, 5.41) is 27.8. The second-order valence-corrected chi connectivity index (χ2v) is 16.7. The predicted molar refractivity (Wildman–Crippen MR) is 199 cm³/mol. The number of ketones is 1. The van der Waals surface area contributed by atoms with Gasteiger partial charge in [0.25, 0.3) is 5.91 Å². The lowest BCUT2D eigenvalue weighted by molar-refractivity contribution is -0.302. The summed E-state index contributed by atoms with van der Waals surface area (Å²) in [6.07, 6.45) is -5.88. The molecule has 1 amide bonds. The normalized spacial score (nSPS) is 34.6. The van der Waals surface area contributed by atoms with E-state index in [2.05, 4.69) is 5.32 Å². The first-order valence-electron chi connectivity index (χ1n) is 19.1. The van der Waals surface area contributed by atoms with Crippen molar-refractivity contribution in [3.63, 3.8) is 0 Å². The molecule has 0 spiro atoms. The van der Waals surface area contributed by atoms with Gasteiger partial charge < -0.3 is 34.5 Å². The molecule has 2 aromatic rings. The summed E-state index contributed by atoms with van der Waals surface area (Å²) >= 11 is 0. The fourth-order valence-corrected chi connectivity index (χ4v) is 10.3. The van der Waals surface area contributed by atoms with Crippen molar-refractivity contribution in [2.24, 2.45) is 28.1 Å². The number of aliphatic hydroxyl groups excluding tert-OH is 1. The molecule has 0 radical (unpaired) electrons. The van der Waals surface area contributed by atoms with Crippen molar-refractivity contribution in [1.82, 2.24) is 5.32 Å². The van der Waals surface area contributed by atoms with Crippen LogP contribution in [0.4, 0.5) is 0 Å². The summed E-state index contributed by atoms with van der Waals surface area (Å²) in [6, 6.07) is 15.8. The van der Waals surface area contributed by atoms with Crippen LogP contribution < -0.4 is 5.32 Å². The standard InChI is InChI=1S/C43H53NO11/c1-9-31(47)55-35(33(26-16-12-10-13-17-26)44-38(49)27-18-14-11-15-19-27)39(50)54-28-21-43(51)24(3)36-41(7)22-52-30(41)20-29(46)42(36,8)37(48)34(53-25(4)45)32(23(28)2)40(43,5)6/h10-19,24,28-30,33-36,46,51H,9,20-22H2,1-8H3,(H,44,49)/t24?,28-,29-,30+,33-,34+,35+,36?,41+,42+,43+/m0/s1. The molecule has 4 aliphatic rings. The Bertz CT molecular complexity index is 1880. The Kier molecular flexibility index (Phi) is 10.7. The van der Waals surface area contributed by atoms with Crippen molar-refractivity contribution in [3.05, 3.63) is 82.9 Å². The summed E-state index contributed by atoms with van der Waals surface area (Å²) in [6.45, 7) is 13.9. The van der Waals surface area contributed by atoms with E-state index in [4.69, 9.17) is 18.9 Å². The molecular weight excluding hydrogens is 706 g/mol. The molecule has 0 aromatic heterocycles. The summed E-state index contributed by atoms with van der Waals surface area (Å²) < 4.78 is 23.9. The first-order valence-corrected chi connectivity index (χ1v) is 19.1. The molecule has 3 aliphatic carbocycles. The summed E-state index contributed by atoms with van der Waals surface area (Å²) in [5.41, 5.74) is -3.53. The Balaban J connectivity index is 1.47. The van der Waals surface area contributed by atoms with Gasteiger partial charge in [0.2, 0.25) is 6.10 Å². The lowest BCUT2D eigenvalue weighted by Gasteiger charge is -2.68. The zero-order valence-electron chi connectivity index (χ0n) is 32.8. The zero-order chi connectivity index (χ0) is 40.2. The van der Waals surface area contributed by atoms with Crippen molar-refractivity contribution < 1.29 is 53.1 Å². The molecule has 296 valence electrons. The molecule has 2 saturated carbocycles. The van der Waals surface area contributed by atoms with Gasteiger partial charge in [-0.2, -0.15) is 0 Å². The number of rotatable bonds is 9. The Morgan fingerprint density at radius 3 is 2.16 bits per heavy atom. The number of benzene rings is 2. The summed E-state index contributed by atoms with van der Waals surface area (Å²) in [4.78, 5) is 69.0. The van der Waals surface area contributed by atoms with Crippen LogP contribution in [0.25, 0.3) is 0 Å². The van der Waals surface area contributed by atoms with Crippen LogP contribution in [-0.2, 0) is 38.1 Å². The summed E-state index contributed by atoms with van der Waals surface area (Å²) in [5.74, 6) is -4.78. The van der Waals surface area contributed by atoms with Crippen LogP contribution in [-0.4, -0.2) is 82.5 Å². The van der Waals surface area contributed by atoms with Gasteiger partial charge in [0, 0.05) is 42.6 Å². The quantitative estimate of drug-likeness (QED) is 0.182. The van der Waals surface area contributed by atoms with Crippen LogP contribution in [0, 0.1) is 28.1 Å². The number of aliphatic hydroxyl groups is 2. The van der Waals surface area contributed by atoms with E-state index in [0.29, 0.717) is 23.3 Å². The molecule has 2 unspecified atom stereocenters. The first-order chi connectivity index (χ1) is 25.8. The Labute approximate surface area is 321 Å². The van der Waals surface area contributed by atoms with Gasteiger partial charge in [0.1, 0.15) is 12.1 Å². The number of hydrogen-bond donors (Lipinski definition) is 3. The number of carbonyl (C=O) groups excluding carboxylic acids is 5. The Morgan fingerprint density at radius 2 is 1.60 bits per heavy atom. The monoisotopic (exact) mass is 759 g/mol. The van der Waals surface area contributed by atoms with Crippen LogP contribution in [0.1, 0.15) is 96.6 Å². The van der Waals surface area contributed by atoms with E-state index in [-0.39, 0.29) is 30.9 Å². The van der Waals surface area contributed by atoms with Crippen molar-refractivity contribution in [1.29, 1.82) is 0 Å². The van der Waals surface area contributed by atoms with Gasteiger partial charge in [-0.1, -0.05) is 83.1 Å². The molecule has 2 bridgehead atoms. The minimum atomic E-state index is -1.70. The molecule has 3 N–H and O–H groups in total. The molecule has 3 fully saturated rings. The van der Waals surface area contributed by atoms with Crippen molar-refractivity contribution in [2.45, 2.75) is 117 Å². The molecule has 12 heteroatoms. The van der Waals surface area contributed by atoms with Gasteiger partial charge in [0.15, 0.2) is 11.9 Å². The number of esters is 3. The molecule has 1 saturated heterocycles. The lowest BCUT2D eigenvalue weighted by atomic mass is 9.40. The fourth-order valence-electron chi connectivity index (χ4n) is 10.3. The minimum absolute atomic E-state index is 0.0719. The first kappa shape index (κ1) is 40.3. The average molecular weight is 760 g/mol. The lowest BCUT2D eigenvalue weighted by Crippen LogP contribution is -2.75. The van der Waals surface area contributed by atoms with Gasteiger partial charge in [-0.25, -0.2) is 4.79 Å². The zero-order valence-corrected chi connectivity index (χ0v) is 32.8. The fraction of sp³-hybridized carbons (Fsp3) is 0.558. The van der Waals surface area contributed by atoms with E-state index in [1.165, 1.54) is 6.92 Å².